The Bertz CT molecular complexity index is 515. The van der Waals surface area contributed by atoms with E-state index >= 15 is 0 Å². The highest BCUT2D eigenvalue weighted by molar-refractivity contribution is 6.78. The van der Waals surface area contributed by atoms with Gasteiger partial charge in [-0.1, -0.05) is 61.2 Å². The highest BCUT2D eigenvalue weighted by Gasteiger charge is 2.43. The molecule has 0 radical (unpaired) electrons. The van der Waals surface area contributed by atoms with Gasteiger partial charge in [-0.3, -0.25) is 0 Å². The SMILES string of the molecule is C[Si](C)(C)[C@H]1C=C[C@@H]2ON=C(c3ccccc3)C[C@@H]21. The molecule has 1 heterocycles. The molecule has 0 spiro atoms. The van der Waals surface area contributed by atoms with Crippen molar-refractivity contribution in [3.05, 3.63) is 48.0 Å². The molecule has 1 aromatic carbocycles. The molecule has 0 saturated carbocycles. The number of allylic oxidation sites excluding steroid dienone is 1. The van der Waals surface area contributed by atoms with Crippen molar-refractivity contribution in [3.8, 4) is 0 Å². The van der Waals surface area contributed by atoms with Gasteiger partial charge in [0.2, 0.25) is 0 Å². The van der Waals surface area contributed by atoms with Gasteiger partial charge in [0.25, 0.3) is 0 Å². The van der Waals surface area contributed by atoms with Crippen molar-refractivity contribution in [2.24, 2.45) is 11.1 Å². The summed E-state index contributed by atoms with van der Waals surface area (Å²) in [5, 5.41) is 4.34. The van der Waals surface area contributed by atoms with E-state index in [2.05, 4.69) is 61.2 Å². The number of oxime groups is 1. The number of fused-ring (bicyclic) bond motifs is 1. The number of nitrogens with zero attached hydrogens (tertiary/aromatic N) is 1. The molecule has 1 aliphatic heterocycles. The van der Waals surface area contributed by atoms with Crippen LogP contribution in [0.3, 0.4) is 0 Å². The second-order valence-electron chi connectivity index (χ2n) is 6.62. The van der Waals surface area contributed by atoms with Gasteiger partial charge in [0.1, 0.15) is 6.10 Å². The highest BCUT2D eigenvalue weighted by Crippen LogP contribution is 2.44. The molecule has 0 bridgehead atoms. The molecular formula is C16H21NOSi. The number of rotatable bonds is 2. The number of hydrogen-bond donors (Lipinski definition) is 0. The molecule has 0 saturated heterocycles. The van der Waals surface area contributed by atoms with Gasteiger partial charge in [-0.25, -0.2) is 0 Å². The van der Waals surface area contributed by atoms with Crippen LogP contribution >= 0.6 is 0 Å². The van der Waals surface area contributed by atoms with Gasteiger partial charge >= 0.3 is 0 Å². The van der Waals surface area contributed by atoms with Crippen molar-refractivity contribution < 1.29 is 4.84 Å². The van der Waals surface area contributed by atoms with E-state index in [0.717, 1.165) is 12.1 Å². The maximum Gasteiger partial charge on any atom is 0.149 e. The molecule has 1 aromatic rings. The third-order valence-corrected chi connectivity index (χ3v) is 6.83. The van der Waals surface area contributed by atoms with E-state index in [1.807, 2.05) is 6.07 Å². The molecule has 3 rings (SSSR count). The second-order valence-corrected chi connectivity index (χ2v) is 12.0. The summed E-state index contributed by atoms with van der Waals surface area (Å²) in [7, 11) is -1.18. The van der Waals surface area contributed by atoms with Crippen LogP contribution in [0.15, 0.2) is 47.6 Å². The number of benzene rings is 1. The quantitative estimate of drug-likeness (QED) is 0.587. The fourth-order valence-electron chi connectivity index (χ4n) is 3.19. The van der Waals surface area contributed by atoms with Crippen LogP contribution in [0.5, 0.6) is 0 Å². The Morgan fingerprint density at radius 3 is 2.53 bits per heavy atom. The van der Waals surface area contributed by atoms with Gasteiger partial charge in [0.15, 0.2) is 0 Å². The molecule has 3 atom stereocenters. The molecule has 100 valence electrons. The van der Waals surface area contributed by atoms with Crippen LogP contribution in [0.4, 0.5) is 0 Å². The van der Waals surface area contributed by atoms with Gasteiger partial charge < -0.3 is 4.84 Å². The minimum Gasteiger partial charge on any atom is -0.388 e. The van der Waals surface area contributed by atoms with Crippen molar-refractivity contribution in [3.63, 3.8) is 0 Å². The van der Waals surface area contributed by atoms with E-state index in [-0.39, 0.29) is 6.10 Å². The standard InChI is InChI=1S/C16H21NOSi/c1-19(2,3)16-10-9-15-13(16)11-14(17-18-15)12-7-5-4-6-8-12/h4-10,13,15-16H,11H2,1-3H3/t13-,15-,16-/m0/s1. The van der Waals surface area contributed by atoms with Crippen molar-refractivity contribution in [1.82, 2.24) is 0 Å². The normalized spacial score (nSPS) is 29.6. The van der Waals surface area contributed by atoms with Gasteiger partial charge in [0, 0.05) is 12.3 Å². The zero-order valence-corrected chi connectivity index (χ0v) is 12.8. The van der Waals surface area contributed by atoms with Gasteiger partial charge in [-0.2, -0.15) is 0 Å². The molecule has 0 amide bonds. The smallest absolute Gasteiger partial charge is 0.149 e. The van der Waals surface area contributed by atoms with E-state index in [9.17, 15) is 0 Å². The maximum absolute atomic E-state index is 5.72. The van der Waals surface area contributed by atoms with Crippen LogP contribution in [-0.4, -0.2) is 19.9 Å². The first-order valence-corrected chi connectivity index (χ1v) is 10.6. The Morgan fingerprint density at radius 1 is 1.11 bits per heavy atom. The van der Waals surface area contributed by atoms with Crippen LogP contribution in [0.25, 0.3) is 0 Å². The summed E-state index contributed by atoms with van der Waals surface area (Å²) in [5.74, 6) is 0.583. The topological polar surface area (TPSA) is 21.6 Å². The summed E-state index contributed by atoms with van der Waals surface area (Å²) in [6, 6.07) is 10.4. The first-order chi connectivity index (χ1) is 9.05. The maximum atomic E-state index is 5.72. The first kappa shape index (κ1) is 12.7. The van der Waals surface area contributed by atoms with Crippen LogP contribution < -0.4 is 0 Å². The van der Waals surface area contributed by atoms with Crippen molar-refractivity contribution in [2.75, 3.05) is 0 Å². The Hall–Kier alpha value is -1.35. The lowest BCUT2D eigenvalue weighted by Crippen LogP contribution is -2.37. The predicted molar refractivity (Wildman–Crippen MR) is 82.2 cm³/mol. The van der Waals surface area contributed by atoms with E-state index in [1.165, 1.54) is 5.56 Å². The molecule has 2 aliphatic rings. The second kappa shape index (κ2) is 4.64. The zero-order chi connectivity index (χ0) is 13.5. The van der Waals surface area contributed by atoms with Gasteiger partial charge in [-0.15, -0.1) is 0 Å². The van der Waals surface area contributed by atoms with E-state index < -0.39 is 8.07 Å². The minimum absolute atomic E-state index is 0.198. The molecule has 0 fully saturated rings. The van der Waals surface area contributed by atoms with E-state index in [0.29, 0.717) is 11.5 Å². The van der Waals surface area contributed by atoms with Crippen LogP contribution in [0, 0.1) is 5.92 Å². The van der Waals surface area contributed by atoms with Crippen LogP contribution in [0.1, 0.15) is 12.0 Å². The minimum atomic E-state index is -1.18. The van der Waals surface area contributed by atoms with Gasteiger partial charge in [-0.05, 0) is 17.2 Å². The first-order valence-electron chi connectivity index (χ1n) is 7.02. The fourth-order valence-corrected chi connectivity index (χ4v) is 5.47. The molecule has 0 aromatic heterocycles. The molecular weight excluding hydrogens is 250 g/mol. The average molecular weight is 271 g/mol. The summed E-state index contributed by atoms with van der Waals surface area (Å²) in [5.41, 5.74) is 3.00. The summed E-state index contributed by atoms with van der Waals surface area (Å²) in [4.78, 5) is 5.72. The van der Waals surface area contributed by atoms with E-state index in [4.69, 9.17) is 4.84 Å². The molecule has 0 N–H and O–H groups in total. The fraction of sp³-hybridized carbons (Fsp3) is 0.438. The lowest BCUT2D eigenvalue weighted by molar-refractivity contribution is 0.0462. The summed E-state index contributed by atoms with van der Waals surface area (Å²) < 4.78 is 0. The molecule has 3 heteroatoms. The monoisotopic (exact) mass is 271 g/mol. The highest BCUT2D eigenvalue weighted by atomic mass is 28.3. The van der Waals surface area contributed by atoms with Crippen molar-refractivity contribution >= 4 is 13.8 Å². The third kappa shape index (κ3) is 2.39. The average Bonchev–Trinajstić information content (AvgIpc) is 2.82. The van der Waals surface area contributed by atoms with Crippen molar-refractivity contribution in [2.45, 2.75) is 37.7 Å². The third-order valence-electron chi connectivity index (χ3n) is 4.21. The lowest BCUT2D eigenvalue weighted by Gasteiger charge is -2.34. The summed E-state index contributed by atoms with van der Waals surface area (Å²) >= 11 is 0. The molecule has 2 nitrogen and oxygen atoms in total. The Kier molecular flexibility index (Phi) is 3.09. The van der Waals surface area contributed by atoms with Crippen LogP contribution in [0.2, 0.25) is 25.2 Å². The number of hydrogen-bond acceptors (Lipinski definition) is 2. The molecule has 19 heavy (non-hydrogen) atoms. The predicted octanol–water partition coefficient (Wildman–Crippen LogP) is 4.07. The summed E-state index contributed by atoms with van der Waals surface area (Å²) in [6.45, 7) is 7.33. The lowest BCUT2D eigenvalue weighted by atomic mass is 9.93. The van der Waals surface area contributed by atoms with Crippen molar-refractivity contribution in [1.29, 1.82) is 0 Å². The Balaban J connectivity index is 1.84. The summed E-state index contributed by atoms with van der Waals surface area (Å²) in [6.07, 6.45) is 5.84. The largest absolute Gasteiger partial charge is 0.388 e. The van der Waals surface area contributed by atoms with Crippen LogP contribution in [-0.2, 0) is 4.84 Å². The zero-order valence-electron chi connectivity index (χ0n) is 11.8. The Labute approximate surface area is 116 Å². The van der Waals surface area contributed by atoms with Gasteiger partial charge in [0.05, 0.1) is 13.8 Å². The molecule has 1 aliphatic carbocycles. The Morgan fingerprint density at radius 2 is 1.84 bits per heavy atom. The van der Waals surface area contributed by atoms with E-state index in [1.54, 1.807) is 0 Å². The molecule has 0 unspecified atom stereocenters.